The van der Waals surface area contributed by atoms with E-state index in [0.29, 0.717) is 11.8 Å². The molecule has 0 saturated heterocycles. The standard InChI is InChI=1S/C60H121N3O2/c1-6-11-16-20-24-28-38-46-55-62(56-47-39-29-25-21-17-12-7-2)59(64)50-42-34-32-36-44-53-61(52-15-10-5)54-45-37-33-35-43-51-60(65)63(57-48-40-30-26-22-18-13-8-3)58-49-41-31-27-23-19-14-9-4/h6-58H2,1-5H3. The minimum atomic E-state index is 0.429. The molecule has 0 N–H and O–H groups in total. The summed E-state index contributed by atoms with van der Waals surface area (Å²) in [6.07, 6.45) is 58.8. The van der Waals surface area contributed by atoms with Gasteiger partial charge in [-0.05, 0) is 77.4 Å². The zero-order chi connectivity index (χ0) is 47.4. The van der Waals surface area contributed by atoms with Gasteiger partial charge in [0.25, 0.3) is 0 Å². The highest BCUT2D eigenvalue weighted by molar-refractivity contribution is 5.76. The molecule has 65 heavy (non-hydrogen) atoms. The van der Waals surface area contributed by atoms with E-state index in [0.717, 1.165) is 51.9 Å². The van der Waals surface area contributed by atoms with E-state index in [4.69, 9.17) is 0 Å². The number of unbranched alkanes of at least 4 members (excludes halogenated alkanes) is 37. The molecule has 0 aromatic heterocycles. The van der Waals surface area contributed by atoms with E-state index in [1.165, 1.54) is 289 Å². The van der Waals surface area contributed by atoms with E-state index in [2.05, 4.69) is 49.3 Å². The molecule has 0 radical (unpaired) electrons. The molecule has 0 aliphatic rings. The first-order valence-electron chi connectivity index (χ1n) is 30.3. The van der Waals surface area contributed by atoms with Crippen LogP contribution in [0.1, 0.15) is 330 Å². The van der Waals surface area contributed by atoms with Gasteiger partial charge < -0.3 is 14.7 Å². The summed E-state index contributed by atoms with van der Waals surface area (Å²) < 4.78 is 0. The first-order valence-corrected chi connectivity index (χ1v) is 30.3. The Kier molecular flexibility index (Phi) is 52.9. The molecule has 5 nitrogen and oxygen atoms in total. The largest absolute Gasteiger partial charge is 0.343 e. The van der Waals surface area contributed by atoms with Gasteiger partial charge in [0.1, 0.15) is 0 Å². The van der Waals surface area contributed by atoms with E-state index >= 15 is 0 Å². The molecule has 0 spiro atoms. The second-order valence-corrected chi connectivity index (χ2v) is 20.9. The molecule has 0 aromatic rings. The third-order valence-electron chi connectivity index (χ3n) is 14.4. The smallest absolute Gasteiger partial charge is 0.222 e. The molecule has 0 bridgehead atoms. The van der Waals surface area contributed by atoms with Crippen LogP contribution in [0.3, 0.4) is 0 Å². The van der Waals surface area contributed by atoms with Crippen LogP contribution in [0.4, 0.5) is 0 Å². The third kappa shape index (κ3) is 46.4. The molecule has 0 unspecified atom stereocenters. The molecule has 388 valence electrons. The summed E-state index contributed by atoms with van der Waals surface area (Å²) in [6, 6.07) is 0. The Hall–Kier alpha value is -1.10. The minimum Gasteiger partial charge on any atom is -0.343 e. The van der Waals surface area contributed by atoms with Gasteiger partial charge >= 0.3 is 0 Å². The van der Waals surface area contributed by atoms with Gasteiger partial charge in [-0.15, -0.1) is 0 Å². The van der Waals surface area contributed by atoms with Crippen molar-refractivity contribution in [1.82, 2.24) is 14.7 Å². The number of rotatable bonds is 55. The number of hydrogen-bond donors (Lipinski definition) is 0. The van der Waals surface area contributed by atoms with Crippen LogP contribution >= 0.6 is 0 Å². The summed E-state index contributed by atoms with van der Waals surface area (Å²) in [5.74, 6) is 0.858. The highest BCUT2D eigenvalue weighted by Crippen LogP contribution is 2.17. The normalized spacial score (nSPS) is 11.6. The van der Waals surface area contributed by atoms with E-state index in [-0.39, 0.29) is 0 Å². The van der Waals surface area contributed by atoms with Gasteiger partial charge in [-0.2, -0.15) is 0 Å². The van der Waals surface area contributed by atoms with Gasteiger partial charge in [-0.25, -0.2) is 0 Å². The lowest BCUT2D eigenvalue weighted by molar-refractivity contribution is -0.132. The Morgan fingerprint density at radius 3 is 0.646 bits per heavy atom. The Morgan fingerprint density at radius 2 is 0.400 bits per heavy atom. The average Bonchev–Trinajstić information content (AvgIpc) is 3.31. The number of carbonyl (C=O) groups is 2. The first kappa shape index (κ1) is 63.9. The average molecular weight is 917 g/mol. The first-order chi connectivity index (χ1) is 32.0. The maximum atomic E-state index is 13.4. The Labute approximate surface area is 410 Å². The van der Waals surface area contributed by atoms with E-state index in [1.54, 1.807) is 0 Å². The summed E-state index contributed by atoms with van der Waals surface area (Å²) in [6.45, 7) is 19.1. The molecule has 2 amide bonds. The lowest BCUT2D eigenvalue weighted by Gasteiger charge is -2.23. The molecule has 0 aromatic carbocycles. The van der Waals surface area contributed by atoms with Crippen molar-refractivity contribution in [3.63, 3.8) is 0 Å². The number of carbonyl (C=O) groups excluding carboxylic acids is 2. The SMILES string of the molecule is CCCCCCCCCCN(CCCCCCCCCC)C(=O)CCCCCCCN(CCCC)CCCCCCCC(=O)N(CCCCCCCCCC)CCCCCCCCCC. The highest BCUT2D eigenvalue weighted by Gasteiger charge is 2.14. The van der Waals surface area contributed by atoms with Crippen molar-refractivity contribution in [2.45, 2.75) is 330 Å². The van der Waals surface area contributed by atoms with Crippen molar-refractivity contribution in [2.24, 2.45) is 0 Å². The molecular formula is C60H121N3O2. The molecule has 0 aliphatic carbocycles. The highest BCUT2D eigenvalue weighted by atomic mass is 16.2. The molecular weight excluding hydrogens is 795 g/mol. The predicted molar refractivity (Wildman–Crippen MR) is 290 cm³/mol. The monoisotopic (exact) mass is 916 g/mol. The third-order valence-corrected chi connectivity index (χ3v) is 14.4. The van der Waals surface area contributed by atoms with Crippen molar-refractivity contribution in [3.8, 4) is 0 Å². The van der Waals surface area contributed by atoms with E-state index < -0.39 is 0 Å². The number of nitrogens with zero attached hydrogens (tertiary/aromatic N) is 3. The topological polar surface area (TPSA) is 43.9 Å². The van der Waals surface area contributed by atoms with Gasteiger partial charge in [0.15, 0.2) is 0 Å². The molecule has 5 heteroatoms. The van der Waals surface area contributed by atoms with E-state index in [1.807, 2.05) is 0 Å². The fourth-order valence-electron chi connectivity index (χ4n) is 9.79. The van der Waals surface area contributed by atoms with Gasteiger partial charge in [0.05, 0.1) is 0 Å². The zero-order valence-corrected chi connectivity index (χ0v) is 45.6. The van der Waals surface area contributed by atoms with Crippen molar-refractivity contribution in [3.05, 3.63) is 0 Å². The van der Waals surface area contributed by atoms with Crippen molar-refractivity contribution >= 4 is 11.8 Å². The van der Waals surface area contributed by atoms with Crippen molar-refractivity contribution < 1.29 is 9.59 Å². The number of hydrogen-bond acceptors (Lipinski definition) is 3. The summed E-state index contributed by atoms with van der Waals surface area (Å²) in [5, 5.41) is 0. The maximum Gasteiger partial charge on any atom is 0.222 e. The fourth-order valence-corrected chi connectivity index (χ4v) is 9.79. The molecule has 0 aliphatic heterocycles. The molecule has 0 rings (SSSR count). The van der Waals surface area contributed by atoms with Crippen LogP contribution in [0, 0.1) is 0 Å². The fraction of sp³-hybridized carbons (Fsp3) is 0.967. The van der Waals surface area contributed by atoms with Crippen LogP contribution in [0.5, 0.6) is 0 Å². The Balaban J connectivity index is 4.48. The quantitative estimate of drug-likeness (QED) is 0.0571. The van der Waals surface area contributed by atoms with Crippen molar-refractivity contribution in [1.29, 1.82) is 0 Å². The van der Waals surface area contributed by atoms with Gasteiger partial charge in [-0.3, -0.25) is 9.59 Å². The summed E-state index contributed by atoms with van der Waals surface area (Å²) in [7, 11) is 0. The van der Waals surface area contributed by atoms with Gasteiger partial charge in [0.2, 0.25) is 11.8 Å². The summed E-state index contributed by atoms with van der Waals surface area (Å²) in [5.41, 5.74) is 0. The Bertz CT molecular complexity index is 831. The predicted octanol–water partition coefficient (Wildman–Crippen LogP) is 19.0. The van der Waals surface area contributed by atoms with Crippen LogP contribution in [-0.2, 0) is 9.59 Å². The zero-order valence-electron chi connectivity index (χ0n) is 45.6. The summed E-state index contributed by atoms with van der Waals surface area (Å²) in [4.78, 5) is 34.1. The van der Waals surface area contributed by atoms with Crippen molar-refractivity contribution in [2.75, 3.05) is 45.8 Å². The van der Waals surface area contributed by atoms with Gasteiger partial charge in [0, 0.05) is 39.0 Å². The van der Waals surface area contributed by atoms with Gasteiger partial charge in [-0.1, -0.05) is 259 Å². The molecule has 0 saturated carbocycles. The van der Waals surface area contributed by atoms with Crippen LogP contribution in [0.15, 0.2) is 0 Å². The second-order valence-electron chi connectivity index (χ2n) is 20.9. The second kappa shape index (κ2) is 53.8. The van der Waals surface area contributed by atoms with E-state index in [9.17, 15) is 9.59 Å². The minimum absolute atomic E-state index is 0.429. The van der Waals surface area contributed by atoms with Crippen LogP contribution in [0.2, 0.25) is 0 Å². The molecule has 0 fully saturated rings. The maximum absolute atomic E-state index is 13.4. The lowest BCUT2D eigenvalue weighted by Crippen LogP contribution is -2.32. The Morgan fingerprint density at radius 1 is 0.215 bits per heavy atom. The number of amides is 2. The summed E-state index contributed by atoms with van der Waals surface area (Å²) >= 11 is 0. The molecule has 0 atom stereocenters. The van der Waals surface area contributed by atoms with Crippen LogP contribution in [-0.4, -0.2) is 72.3 Å². The van der Waals surface area contributed by atoms with Crippen LogP contribution in [0.25, 0.3) is 0 Å². The molecule has 0 heterocycles. The lowest BCUT2D eigenvalue weighted by atomic mass is 10.1. The van der Waals surface area contributed by atoms with Crippen LogP contribution < -0.4 is 0 Å².